The van der Waals surface area contributed by atoms with Crippen molar-refractivity contribution in [2.75, 3.05) is 18.5 Å². The van der Waals surface area contributed by atoms with Gasteiger partial charge in [-0.15, -0.1) is 0 Å². The molecule has 8 heteroatoms. The molecule has 5 rings (SSSR count). The van der Waals surface area contributed by atoms with E-state index in [1.54, 1.807) is 0 Å². The first-order chi connectivity index (χ1) is 16.5. The number of amides is 2. The highest BCUT2D eigenvalue weighted by Gasteiger charge is 2.44. The summed E-state index contributed by atoms with van der Waals surface area (Å²) in [4.78, 5) is 36.6. The summed E-state index contributed by atoms with van der Waals surface area (Å²) in [5, 5.41) is 14.6. The Morgan fingerprint density at radius 2 is 1.65 bits per heavy atom. The average Bonchev–Trinajstić information content (AvgIpc) is 3.39. The van der Waals surface area contributed by atoms with Gasteiger partial charge in [0.2, 0.25) is 5.76 Å². The van der Waals surface area contributed by atoms with E-state index < -0.39 is 23.4 Å². The lowest BCUT2D eigenvalue weighted by molar-refractivity contribution is -0.153. The van der Waals surface area contributed by atoms with Gasteiger partial charge in [-0.05, 0) is 35.1 Å². The molecule has 2 aromatic carbocycles. The van der Waals surface area contributed by atoms with Crippen LogP contribution in [-0.4, -0.2) is 36.2 Å². The van der Waals surface area contributed by atoms with Crippen LogP contribution in [0.25, 0.3) is 11.1 Å². The summed E-state index contributed by atoms with van der Waals surface area (Å²) in [5.74, 6) is -1.70. The molecular weight excluding hydrogens is 436 g/mol. The van der Waals surface area contributed by atoms with Crippen molar-refractivity contribution in [1.29, 1.82) is 0 Å². The minimum atomic E-state index is -0.928. The number of carbonyl (C=O) groups is 3. The Morgan fingerprint density at radius 1 is 1.00 bits per heavy atom. The molecule has 34 heavy (non-hydrogen) atoms. The smallest absolute Gasteiger partial charge is 0.411 e. The number of hydrogen-bond acceptors (Lipinski definition) is 5. The predicted molar refractivity (Wildman–Crippen MR) is 124 cm³/mol. The molecule has 1 saturated carbocycles. The number of carbonyl (C=O) groups excluding carboxylic acids is 2. The number of ether oxygens (including phenoxy) is 1. The van der Waals surface area contributed by atoms with Crippen LogP contribution in [0.5, 0.6) is 0 Å². The number of benzene rings is 2. The van der Waals surface area contributed by atoms with Crippen molar-refractivity contribution in [3.63, 3.8) is 0 Å². The van der Waals surface area contributed by atoms with Gasteiger partial charge >= 0.3 is 12.1 Å². The molecule has 0 saturated heterocycles. The number of anilines is 1. The van der Waals surface area contributed by atoms with E-state index in [1.807, 2.05) is 36.4 Å². The number of nitrogens with one attached hydrogen (secondary N) is 2. The predicted octanol–water partition coefficient (Wildman–Crippen LogP) is 4.63. The van der Waals surface area contributed by atoms with Crippen LogP contribution in [-0.2, 0) is 9.53 Å². The summed E-state index contributed by atoms with van der Waals surface area (Å²) < 4.78 is 10.8. The van der Waals surface area contributed by atoms with Crippen molar-refractivity contribution in [1.82, 2.24) is 5.32 Å². The van der Waals surface area contributed by atoms with Gasteiger partial charge in [0, 0.05) is 18.5 Å². The largest absolute Gasteiger partial charge is 0.481 e. The van der Waals surface area contributed by atoms with Gasteiger partial charge in [0.05, 0.1) is 17.4 Å². The second-order valence-electron chi connectivity index (χ2n) is 8.74. The van der Waals surface area contributed by atoms with Crippen molar-refractivity contribution in [2.24, 2.45) is 5.41 Å². The van der Waals surface area contributed by atoms with E-state index in [0.29, 0.717) is 12.8 Å². The Balaban J connectivity index is 1.22. The third-order valence-electron chi connectivity index (χ3n) is 6.80. The molecule has 2 amide bonds. The quantitative estimate of drug-likeness (QED) is 0.473. The number of carboxylic acid groups (broad SMARTS) is 1. The zero-order valence-corrected chi connectivity index (χ0v) is 18.4. The van der Waals surface area contributed by atoms with E-state index in [-0.39, 0.29) is 30.5 Å². The summed E-state index contributed by atoms with van der Waals surface area (Å²) in [6.45, 7) is 0.145. The number of hydrogen-bond donors (Lipinski definition) is 3. The Kier molecular flexibility index (Phi) is 5.57. The molecule has 1 heterocycles. The van der Waals surface area contributed by atoms with Crippen LogP contribution in [0.15, 0.2) is 65.3 Å². The van der Waals surface area contributed by atoms with Gasteiger partial charge < -0.3 is 19.6 Å². The molecule has 0 radical (unpaired) electrons. The van der Waals surface area contributed by atoms with E-state index in [2.05, 4.69) is 22.8 Å². The number of furan rings is 1. The van der Waals surface area contributed by atoms with Crippen molar-refractivity contribution in [2.45, 2.75) is 25.2 Å². The monoisotopic (exact) mass is 460 g/mol. The van der Waals surface area contributed by atoms with Gasteiger partial charge in [0.15, 0.2) is 0 Å². The first-order valence-corrected chi connectivity index (χ1v) is 11.2. The van der Waals surface area contributed by atoms with Crippen LogP contribution in [0.2, 0.25) is 0 Å². The fourth-order valence-corrected chi connectivity index (χ4v) is 4.73. The maximum Gasteiger partial charge on any atom is 0.411 e. The normalized spacial score (nSPS) is 15.5. The standard InChI is InChI=1S/C26H24N2O6/c29-23(27-15-26(24(30)31)11-5-12-26)22-21(10-13-33-22)28-25(32)34-14-20-18-8-3-1-6-16(18)17-7-2-4-9-19(17)20/h1-4,6-10,13,20H,5,11-12,14-15H2,(H,27,29)(H,28,32)(H,30,31). The van der Waals surface area contributed by atoms with Gasteiger partial charge in [0.1, 0.15) is 6.61 Å². The first-order valence-electron chi connectivity index (χ1n) is 11.2. The highest BCUT2D eigenvalue weighted by atomic mass is 16.5. The van der Waals surface area contributed by atoms with Gasteiger partial charge in [-0.2, -0.15) is 0 Å². The average molecular weight is 460 g/mol. The van der Waals surface area contributed by atoms with Gasteiger partial charge in [0.25, 0.3) is 5.91 Å². The van der Waals surface area contributed by atoms with Crippen molar-refractivity contribution >= 4 is 23.7 Å². The summed E-state index contributed by atoms with van der Waals surface area (Å²) >= 11 is 0. The Bertz CT molecular complexity index is 1210. The number of carboxylic acids is 1. The molecule has 1 fully saturated rings. The SMILES string of the molecule is O=C(Nc1ccoc1C(=O)NCC1(C(=O)O)CCC1)OCC1c2ccccc2-c2ccccc21. The molecule has 174 valence electrons. The van der Waals surface area contributed by atoms with E-state index in [4.69, 9.17) is 9.15 Å². The highest BCUT2D eigenvalue weighted by Crippen LogP contribution is 2.44. The minimum Gasteiger partial charge on any atom is -0.481 e. The van der Waals surface area contributed by atoms with Crippen LogP contribution in [0.3, 0.4) is 0 Å². The van der Waals surface area contributed by atoms with Gasteiger partial charge in [-0.3, -0.25) is 14.9 Å². The van der Waals surface area contributed by atoms with Crippen LogP contribution in [0.4, 0.5) is 10.5 Å². The van der Waals surface area contributed by atoms with Crippen molar-refractivity contribution in [3.05, 3.63) is 77.7 Å². The number of aliphatic carboxylic acids is 1. The molecule has 2 aliphatic carbocycles. The molecular formula is C26H24N2O6. The van der Waals surface area contributed by atoms with Gasteiger partial charge in [-0.1, -0.05) is 55.0 Å². The summed E-state index contributed by atoms with van der Waals surface area (Å²) in [7, 11) is 0. The van der Waals surface area contributed by atoms with Crippen molar-refractivity contribution < 1.29 is 28.6 Å². The first kappa shape index (κ1) is 21.8. The summed E-state index contributed by atoms with van der Waals surface area (Å²) in [6.07, 6.45) is 2.43. The van der Waals surface area contributed by atoms with E-state index >= 15 is 0 Å². The van der Waals surface area contributed by atoms with Crippen LogP contribution in [0, 0.1) is 5.41 Å². The molecule has 1 aromatic heterocycles. The maximum atomic E-state index is 12.6. The molecule has 0 atom stereocenters. The van der Waals surface area contributed by atoms with Crippen LogP contribution in [0.1, 0.15) is 46.9 Å². The Morgan fingerprint density at radius 3 is 2.24 bits per heavy atom. The lowest BCUT2D eigenvalue weighted by Gasteiger charge is -2.37. The molecule has 0 spiro atoms. The Labute approximate surface area is 195 Å². The van der Waals surface area contributed by atoms with E-state index in [1.165, 1.54) is 12.3 Å². The topological polar surface area (TPSA) is 118 Å². The molecule has 2 aliphatic rings. The fourth-order valence-electron chi connectivity index (χ4n) is 4.73. The zero-order valence-electron chi connectivity index (χ0n) is 18.4. The third-order valence-corrected chi connectivity index (χ3v) is 6.80. The molecule has 8 nitrogen and oxygen atoms in total. The van der Waals surface area contributed by atoms with E-state index in [0.717, 1.165) is 28.7 Å². The lowest BCUT2D eigenvalue weighted by Crippen LogP contribution is -2.47. The van der Waals surface area contributed by atoms with Crippen molar-refractivity contribution in [3.8, 4) is 11.1 Å². The third kappa shape index (κ3) is 3.81. The van der Waals surface area contributed by atoms with Crippen LogP contribution < -0.4 is 10.6 Å². The molecule has 3 N–H and O–H groups in total. The summed E-state index contributed by atoms with van der Waals surface area (Å²) in [6, 6.07) is 17.5. The number of rotatable bonds is 7. The van der Waals surface area contributed by atoms with Gasteiger partial charge in [-0.25, -0.2) is 4.79 Å². The molecule has 0 bridgehead atoms. The Hall–Kier alpha value is -4.07. The molecule has 3 aromatic rings. The zero-order chi connectivity index (χ0) is 23.7. The summed E-state index contributed by atoms with van der Waals surface area (Å²) in [5.41, 5.74) is 3.69. The second-order valence-corrected chi connectivity index (χ2v) is 8.74. The number of fused-ring (bicyclic) bond motifs is 3. The highest BCUT2D eigenvalue weighted by molar-refractivity contribution is 6.00. The minimum absolute atomic E-state index is 0.00620. The maximum absolute atomic E-state index is 12.6. The fraction of sp³-hybridized carbons (Fsp3) is 0.269. The molecule has 0 unspecified atom stereocenters. The van der Waals surface area contributed by atoms with E-state index in [9.17, 15) is 19.5 Å². The molecule has 0 aliphatic heterocycles. The van der Waals surface area contributed by atoms with Crippen LogP contribution >= 0.6 is 0 Å². The lowest BCUT2D eigenvalue weighted by atomic mass is 9.69. The second kappa shape index (κ2) is 8.70.